The summed E-state index contributed by atoms with van der Waals surface area (Å²) in [5, 5.41) is 6.07. The number of amides is 2. The Morgan fingerprint density at radius 3 is 2.64 bits per heavy atom. The molecule has 6 nitrogen and oxygen atoms in total. The number of nitrogens with zero attached hydrogens (tertiary/aromatic N) is 2. The highest BCUT2D eigenvalue weighted by Crippen LogP contribution is 2.28. The van der Waals surface area contributed by atoms with E-state index in [1.54, 1.807) is 6.20 Å². The Hall–Kier alpha value is -3.77. The molecular formula is C27H26N4O2. The van der Waals surface area contributed by atoms with Crippen molar-refractivity contribution in [3.05, 3.63) is 84.1 Å². The van der Waals surface area contributed by atoms with Crippen LogP contribution < -0.4 is 11.1 Å². The fourth-order valence-corrected chi connectivity index (χ4v) is 4.68. The van der Waals surface area contributed by atoms with Crippen LogP contribution in [0.1, 0.15) is 28.8 Å². The molecule has 1 unspecified atom stereocenters. The second-order valence-electron chi connectivity index (χ2n) is 8.67. The fourth-order valence-electron chi connectivity index (χ4n) is 4.68. The van der Waals surface area contributed by atoms with Gasteiger partial charge in [0.05, 0.1) is 17.0 Å². The minimum atomic E-state index is -0.214. The lowest BCUT2D eigenvalue weighted by atomic mass is 9.97. The number of aromatic nitrogens is 1. The fraction of sp³-hybridized carbons (Fsp3) is 0.222. The molecule has 0 spiro atoms. The Morgan fingerprint density at radius 2 is 1.82 bits per heavy atom. The van der Waals surface area contributed by atoms with E-state index in [-0.39, 0.29) is 17.7 Å². The van der Waals surface area contributed by atoms with Crippen molar-refractivity contribution in [2.75, 3.05) is 18.4 Å². The van der Waals surface area contributed by atoms with Gasteiger partial charge in [-0.05, 0) is 60.0 Å². The Balaban J connectivity index is 1.33. The first kappa shape index (κ1) is 21.1. The first-order chi connectivity index (χ1) is 16.1. The van der Waals surface area contributed by atoms with Gasteiger partial charge in [0.25, 0.3) is 5.91 Å². The summed E-state index contributed by atoms with van der Waals surface area (Å²) in [4.78, 5) is 31.4. The number of benzene rings is 3. The van der Waals surface area contributed by atoms with Crippen molar-refractivity contribution in [3.63, 3.8) is 0 Å². The van der Waals surface area contributed by atoms with Gasteiger partial charge in [0.15, 0.2) is 0 Å². The van der Waals surface area contributed by atoms with E-state index in [0.717, 1.165) is 53.3 Å². The van der Waals surface area contributed by atoms with Gasteiger partial charge < -0.3 is 11.1 Å². The summed E-state index contributed by atoms with van der Waals surface area (Å²) in [5.41, 5.74) is 8.61. The number of carbonyl (C=O) groups is 2. The summed E-state index contributed by atoms with van der Waals surface area (Å²) < 4.78 is 0. The van der Waals surface area contributed by atoms with Gasteiger partial charge in [-0.25, -0.2) is 0 Å². The van der Waals surface area contributed by atoms with Gasteiger partial charge in [-0.1, -0.05) is 42.5 Å². The summed E-state index contributed by atoms with van der Waals surface area (Å²) in [7, 11) is 0. The Morgan fingerprint density at radius 1 is 1.03 bits per heavy atom. The maximum absolute atomic E-state index is 13.2. The molecule has 0 bridgehead atoms. The van der Waals surface area contributed by atoms with Crippen molar-refractivity contribution in [1.29, 1.82) is 0 Å². The minimum absolute atomic E-state index is 0.0669. The van der Waals surface area contributed by atoms with Crippen LogP contribution >= 0.6 is 0 Å². The van der Waals surface area contributed by atoms with E-state index in [4.69, 9.17) is 5.73 Å². The summed E-state index contributed by atoms with van der Waals surface area (Å²) in [5.74, 6) is -0.464. The van der Waals surface area contributed by atoms with E-state index in [9.17, 15) is 9.59 Å². The first-order valence-corrected chi connectivity index (χ1v) is 11.3. The monoisotopic (exact) mass is 438 g/mol. The van der Waals surface area contributed by atoms with E-state index in [1.807, 2.05) is 66.7 Å². The molecule has 6 heteroatoms. The largest absolute Gasteiger partial charge is 0.369 e. The van der Waals surface area contributed by atoms with Crippen molar-refractivity contribution in [2.24, 2.45) is 11.7 Å². The maximum atomic E-state index is 13.2. The van der Waals surface area contributed by atoms with Crippen LogP contribution in [0.5, 0.6) is 0 Å². The molecule has 1 fully saturated rings. The predicted octanol–water partition coefficient (Wildman–Crippen LogP) is 4.34. The number of likely N-dealkylation sites (tertiary alicyclic amines) is 1. The molecule has 1 saturated heterocycles. The van der Waals surface area contributed by atoms with Crippen LogP contribution in [0.15, 0.2) is 72.9 Å². The van der Waals surface area contributed by atoms with Gasteiger partial charge in [0.2, 0.25) is 5.91 Å². The molecule has 4 aromatic rings. The van der Waals surface area contributed by atoms with Crippen molar-refractivity contribution in [3.8, 4) is 0 Å². The lowest BCUT2D eigenvalue weighted by molar-refractivity contribution is -0.123. The number of hydrogen-bond donors (Lipinski definition) is 2. The standard InChI is InChI=1S/C27H26N4O2/c28-26(32)20-6-4-14-31(17-20)16-18-9-11-21(12-10-18)30-27(33)24-15-19-5-1-2-7-22(19)23-8-3-13-29-25(23)24/h1-3,5,7-13,15,20H,4,6,14,16-17H2,(H2,28,32)(H,30,33). The molecule has 1 aromatic heterocycles. The number of nitrogens with two attached hydrogens (primary N) is 1. The highest BCUT2D eigenvalue weighted by Gasteiger charge is 2.23. The summed E-state index contributed by atoms with van der Waals surface area (Å²) in [6, 6.07) is 21.7. The number of primary amides is 1. The Bertz CT molecular complexity index is 1330. The van der Waals surface area contributed by atoms with E-state index >= 15 is 0 Å². The lowest BCUT2D eigenvalue weighted by Gasteiger charge is -2.31. The number of hydrogen-bond acceptors (Lipinski definition) is 4. The first-order valence-electron chi connectivity index (χ1n) is 11.3. The van der Waals surface area contributed by atoms with E-state index in [0.29, 0.717) is 17.6 Å². The number of piperidine rings is 1. The third-order valence-corrected chi connectivity index (χ3v) is 6.38. The zero-order chi connectivity index (χ0) is 22.8. The van der Waals surface area contributed by atoms with Crippen molar-refractivity contribution in [1.82, 2.24) is 9.88 Å². The summed E-state index contributed by atoms with van der Waals surface area (Å²) in [6.07, 6.45) is 3.57. The minimum Gasteiger partial charge on any atom is -0.369 e. The van der Waals surface area contributed by atoms with E-state index in [2.05, 4.69) is 15.2 Å². The molecule has 2 heterocycles. The molecule has 3 aromatic carbocycles. The number of rotatable bonds is 5. The quantitative estimate of drug-likeness (QED) is 0.454. The molecule has 33 heavy (non-hydrogen) atoms. The predicted molar refractivity (Wildman–Crippen MR) is 131 cm³/mol. The van der Waals surface area contributed by atoms with Crippen LogP contribution in [0.2, 0.25) is 0 Å². The molecule has 0 radical (unpaired) electrons. The van der Waals surface area contributed by atoms with Crippen molar-refractivity contribution >= 4 is 39.2 Å². The molecular weight excluding hydrogens is 412 g/mol. The number of nitrogens with one attached hydrogen (secondary N) is 1. The van der Waals surface area contributed by atoms with Crippen molar-refractivity contribution < 1.29 is 9.59 Å². The molecule has 3 N–H and O–H groups in total. The second-order valence-corrected chi connectivity index (χ2v) is 8.67. The molecule has 0 saturated carbocycles. The Labute approximate surface area is 192 Å². The van der Waals surface area contributed by atoms with Gasteiger partial charge in [0, 0.05) is 30.4 Å². The van der Waals surface area contributed by atoms with E-state index in [1.165, 1.54) is 0 Å². The molecule has 1 aliphatic rings. The topological polar surface area (TPSA) is 88.3 Å². The summed E-state index contributed by atoms with van der Waals surface area (Å²) in [6.45, 7) is 2.43. The SMILES string of the molecule is NC(=O)C1CCCN(Cc2ccc(NC(=O)c3cc4ccccc4c4cccnc34)cc2)C1. The van der Waals surface area contributed by atoms with Crippen LogP contribution in [0.25, 0.3) is 21.7 Å². The van der Waals surface area contributed by atoms with Crippen LogP contribution in [-0.4, -0.2) is 34.8 Å². The lowest BCUT2D eigenvalue weighted by Crippen LogP contribution is -2.40. The Kier molecular flexibility index (Phi) is 5.75. The van der Waals surface area contributed by atoms with Crippen molar-refractivity contribution in [2.45, 2.75) is 19.4 Å². The molecule has 5 rings (SSSR count). The van der Waals surface area contributed by atoms with Crippen LogP contribution in [-0.2, 0) is 11.3 Å². The van der Waals surface area contributed by atoms with Crippen LogP contribution in [0.3, 0.4) is 0 Å². The highest BCUT2D eigenvalue weighted by molar-refractivity contribution is 6.18. The number of anilines is 1. The smallest absolute Gasteiger partial charge is 0.257 e. The molecule has 1 atom stereocenters. The number of pyridine rings is 1. The van der Waals surface area contributed by atoms with Crippen LogP contribution in [0.4, 0.5) is 5.69 Å². The second kappa shape index (κ2) is 9.00. The normalized spacial score (nSPS) is 16.7. The average molecular weight is 439 g/mol. The third-order valence-electron chi connectivity index (χ3n) is 6.38. The molecule has 2 amide bonds. The van der Waals surface area contributed by atoms with Crippen LogP contribution in [0, 0.1) is 5.92 Å². The zero-order valence-electron chi connectivity index (χ0n) is 18.3. The van der Waals surface area contributed by atoms with Gasteiger partial charge >= 0.3 is 0 Å². The zero-order valence-corrected chi connectivity index (χ0v) is 18.3. The number of fused-ring (bicyclic) bond motifs is 3. The van der Waals surface area contributed by atoms with Gasteiger partial charge in [-0.2, -0.15) is 0 Å². The maximum Gasteiger partial charge on any atom is 0.257 e. The molecule has 0 aliphatic carbocycles. The van der Waals surface area contributed by atoms with E-state index < -0.39 is 0 Å². The molecule has 1 aliphatic heterocycles. The van der Waals surface area contributed by atoms with Gasteiger partial charge in [-0.3, -0.25) is 19.5 Å². The number of carbonyl (C=O) groups excluding carboxylic acids is 2. The highest BCUT2D eigenvalue weighted by atomic mass is 16.2. The summed E-state index contributed by atoms with van der Waals surface area (Å²) >= 11 is 0. The molecule has 166 valence electrons. The average Bonchev–Trinajstić information content (AvgIpc) is 2.85. The third kappa shape index (κ3) is 4.43. The van der Waals surface area contributed by atoms with Gasteiger partial charge in [0.1, 0.15) is 0 Å². The van der Waals surface area contributed by atoms with Gasteiger partial charge in [-0.15, -0.1) is 0 Å².